The zero-order valence-electron chi connectivity index (χ0n) is 19.0. The molecule has 4 aromatic rings. The number of nitrogens with one attached hydrogen (secondary N) is 1. The lowest BCUT2D eigenvalue weighted by molar-refractivity contribution is -0.113. The zero-order valence-corrected chi connectivity index (χ0v) is 20.6. The van der Waals surface area contributed by atoms with E-state index in [0.29, 0.717) is 21.7 Å². The molecule has 0 aliphatic heterocycles. The summed E-state index contributed by atoms with van der Waals surface area (Å²) in [6.07, 6.45) is 0. The standard InChI is InChI=1S/C26H24ClFN4OS/c1-26(2,3)18-6-4-17(5-7-18)24-30-31-25(32(24)22-14-8-19(27)9-15-22)34-16-23(33)29-21-12-10-20(28)11-13-21/h4-15H,16H2,1-3H3,(H,29,33). The van der Waals surface area contributed by atoms with Gasteiger partial charge in [-0.25, -0.2) is 4.39 Å². The summed E-state index contributed by atoms with van der Waals surface area (Å²) in [6, 6.07) is 21.3. The molecule has 1 amide bonds. The molecule has 0 saturated carbocycles. The highest BCUT2D eigenvalue weighted by Crippen LogP contribution is 2.30. The van der Waals surface area contributed by atoms with Crippen LogP contribution in [0.25, 0.3) is 17.1 Å². The molecule has 3 aromatic carbocycles. The second-order valence-electron chi connectivity index (χ2n) is 8.79. The molecular formula is C26H24ClFN4OS. The lowest BCUT2D eigenvalue weighted by Gasteiger charge is -2.19. The van der Waals surface area contributed by atoms with Crippen LogP contribution < -0.4 is 5.32 Å². The number of carbonyl (C=O) groups excluding carboxylic acids is 1. The second kappa shape index (κ2) is 9.99. The summed E-state index contributed by atoms with van der Waals surface area (Å²) in [5.41, 5.74) is 3.55. The van der Waals surface area contributed by atoms with Crippen LogP contribution in [-0.4, -0.2) is 26.4 Å². The predicted molar refractivity (Wildman–Crippen MR) is 136 cm³/mol. The minimum absolute atomic E-state index is 0.0429. The number of nitrogens with zero attached hydrogens (tertiary/aromatic N) is 3. The van der Waals surface area contributed by atoms with Crippen molar-refractivity contribution in [3.63, 3.8) is 0 Å². The number of halogens is 2. The Morgan fingerprint density at radius 2 is 1.62 bits per heavy atom. The van der Waals surface area contributed by atoms with E-state index in [1.165, 1.54) is 41.6 Å². The largest absolute Gasteiger partial charge is 0.325 e. The van der Waals surface area contributed by atoms with Gasteiger partial charge in [0.25, 0.3) is 0 Å². The highest BCUT2D eigenvalue weighted by atomic mass is 35.5. The Balaban J connectivity index is 1.61. The quantitative estimate of drug-likeness (QED) is 0.301. The maximum Gasteiger partial charge on any atom is 0.234 e. The van der Waals surface area contributed by atoms with E-state index >= 15 is 0 Å². The highest BCUT2D eigenvalue weighted by molar-refractivity contribution is 7.99. The summed E-state index contributed by atoms with van der Waals surface area (Å²) in [4.78, 5) is 12.5. The normalized spacial score (nSPS) is 11.4. The molecule has 1 aromatic heterocycles. The second-order valence-corrected chi connectivity index (χ2v) is 10.2. The Morgan fingerprint density at radius 1 is 0.971 bits per heavy atom. The molecule has 0 spiro atoms. The fraction of sp³-hybridized carbons (Fsp3) is 0.192. The van der Waals surface area contributed by atoms with E-state index < -0.39 is 0 Å². The van der Waals surface area contributed by atoms with Crippen LogP contribution in [0.3, 0.4) is 0 Å². The molecule has 0 saturated heterocycles. The minimum Gasteiger partial charge on any atom is -0.325 e. The molecule has 0 fully saturated rings. The number of carbonyl (C=O) groups is 1. The van der Waals surface area contributed by atoms with Crippen molar-refractivity contribution in [3.05, 3.63) is 89.2 Å². The van der Waals surface area contributed by atoms with Crippen LogP contribution in [0.5, 0.6) is 0 Å². The summed E-state index contributed by atoms with van der Waals surface area (Å²) in [7, 11) is 0. The first-order chi connectivity index (χ1) is 16.2. The Hall–Kier alpha value is -3.16. The molecule has 1 heterocycles. The van der Waals surface area contributed by atoms with E-state index in [2.05, 4.69) is 48.4 Å². The lowest BCUT2D eigenvalue weighted by atomic mass is 9.87. The van der Waals surface area contributed by atoms with E-state index in [1.54, 1.807) is 12.1 Å². The Morgan fingerprint density at radius 3 is 2.24 bits per heavy atom. The van der Waals surface area contributed by atoms with E-state index in [4.69, 9.17) is 11.6 Å². The number of hydrogen-bond acceptors (Lipinski definition) is 4. The third-order valence-corrected chi connectivity index (χ3v) is 6.37. The van der Waals surface area contributed by atoms with E-state index in [0.717, 1.165) is 11.3 Å². The number of amides is 1. The molecule has 0 aliphatic rings. The van der Waals surface area contributed by atoms with Gasteiger partial charge in [0.1, 0.15) is 5.82 Å². The van der Waals surface area contributed by atoms with E-state index in [1.807, 2.05) is 28.8 Å². The van der Waals surface area contributed by atoms with Gasteiger partial charge < -0.3 is 5.32 Å². The van der Waals surface area contributed by atoms with Crippen molar-refractivity contribution >= 4 is 35.0 Å². The maximum absolute atomic E-state index is 13.1. The minimum atomic E-state index is -0.355. The van der Waals surface area contributed by atoms with Gasteiger partial charge >= 0.3 is 0 Å². The average Bonchev–Trinajstić information content (AvgIpc) is 3.23. The van der Waals surface area contributed by atoms with Crippen LogP contribution in [0.15, 0.2) is 78.0 Å². The van der Waals surface area contributed by atoms with Crippen LogP contribution in [0.2, 0.25) is 5.02 Å². The van der Waals surface area contributed by atoms with E-state index in [9.17, 15) is 9.18 Å². The SMILES string of the molecule is CC(C)(C)c1ccc(-c2nnc(SCC(=O)Nc3ccc(F)cc3)n2-c2ccc(Cl)cc2)cc1. The number of aromatic nitrogens is 3. The topological polar surface area (TPSA) is 59.8 Å². The van der Waals surface area contributed by atoms with Gasteiger partial charge in [0.15, 0.2) is 11.0 Å². The van der Waals surface area contributed by atoms with Crippen LogP contribution in [0, 0.1) is 5.82 Å². The fourth-order valence-corrected chi connectivity index (χ4v) is 4.23. The summed E-state index contributed by atoms with van der Waals surface area (Å²) in [6.45, 7) is 6.51. The van der Waals surface area contributed by atoms with Crippen molar-refractivity contribution in [1.29, 1.82) is 0 Å². The first-order valence-corrected chi connectivity index (χ1v) is 12.1. The molecule has 8 heteroatoms. The van der Waals surface area contributed by atoms with Crippen LogP contribution in [0.4, 0.5) is 10.1 Å². The van der Waals surface area contributed by atoms with Crippen molar-refractivity contribution in [1.82, 2.24) is 14.8 Å². The molecule has 174 valence electrons. The Labute approximate surface area is 207 Å². The van der Waals surface area contributed by atoms with Gasteiger partial charge in [-0.05, 0) is 59.5 Å². The molecule has 4 rings (SSSR count). The number of benzene rings is 3. The molecule has 1 N–H and O–H groups in total. The average molecular weight is 495 g/mol. The number of thioether (sulfide) groups is 1. The van der Waals surface area contributed by atoms with Gasteiger partial charge in [0.05, 0.1) is 5.75 Å². The molecule has 0 aliphatic carbocycles. The number of anilines is 1. The third kappa shape index (κ3) is 5.66. The first-order valence-electron chi connectivity index (χ1n) is 10.7. The van der Waals surface area contributed by atoms with Crippen LogP contribution >= 0.6 is 23.4 Å². The fourth-order valence-electron chi connectivity index (χ4n) is 3.35. The van der Waals surface area contributed by atoms with E-state index in [-0.39, 0.29) is 22.9 Å². The highest BCUT2D eigenvalue weighted by Gasteiger charge is 2.19. The van der Waals surface area contributed by atoms with Gasteiger partial charge in [-0.1, -0.05) is 68.4 Å². The van der Waals surface area contributed by atoms with Crippen LogP contribution in [-0.2, 0) is 10.2 Å². The zero-order chi connectivity index (χ0) is 24.3. The van der Waals surface area contributed by atoms with Gasteiger partial charge in [-0.2, -0.15) is 0 Å². The predicted octanol–water partition coefficient (Wildman–Crippen LogP) is 6.76. The lowest BCUT2D eigenvalue weighted by Crippen LogP contribution is -2.14. The molecule has 5 nitrogen and oxygen atoms in total. The molecule has 0 radical (unpaired) electrons. The summed E-state index contributed by atoms with van der Waals surface area (Å²) < 4.78 is 15.0. The van der Waals surface area contributed by atoms with Gasteiger partial charge in [-0.3, -0.25) is 9.36 Å². The van der Waals surface area contributed by atoms with Gasteiger partial charge in [0.2, 0.25) is 5.91 Å². The van der Waals surface area contributed by atoms with Crippen molar-refractivity contribution in [2.75, 3.05) is 11.1 Å². The smallest absolute Gasteiger partial charge is 0.234 e. The van der Waals surface area contributed by atoms with Crippen LogP contribution in [0.1, 0.15) is 26.3 Å². The van der Waals surface area contributed by atoms with Crippen molar-refractivity contribution in [3.8, 4) is 17.1 Å². The number of rotatable bonds is 6. The molecular weight excluding hydrogens is 471 g/mol. The first kappa shape index (κ1) is 24.0. The summed E-state index contributed by atoms with van der Waals surface area (Å²) in [5, 5.41) is 12.8. The Bertz CT molecular complexity index is 1280. The van der Waals surface area contributed by atoms with Crippen molar-refractivity contribution in [2.45, 2.75) is 31.3 Å². The monoisotopic (exact) mass is 494 g/mol. The number of hydrogen-bond donors (Lipinski definition) is 1. The molecule has 0 bridgehead atoms. The summed E-state index contributed by atoms with van der Waals surface area (Å²) in [5.74, 6) is 0.209. The molecule has 0 atom stereocenters. The van der Waals surface area contributed by atoms with Crippen molar-refractivity contribution < 1.29 is 9.18 Å². The maximum atomic E-state index is 13.1. The van der Waals surface area contributed by atoms with Gasteiger partial charge in [0, 0.05) is 22.0 Å². The summed E-state index contributed by atoms with van der Waals surface area (Å²) >= 11 is 7.37. The molecule has 34 heavy (non-hydrogen) atoms. The Kier molecular flexibility index (Phi) is 7.05. The third-order valence-electron chi connectivity index (χ3n) is 5.19. The molecule has 0 unspecified atom stereocenters. The van der Waals surface area contributed by atoms with Crippen molar-refractivity contribution in [2.24, 2.45) is 0 Å². The van der Waals surface area contributed by atoms with Gasteiger partial charge in [-0.15, -0.1) is 10.2 Å².